The van der Waals surface area contributed by atoms with E-state index in [0.29, 0.717) is 35.0 Å². The molecule has 0 spiro atoms. The molecule has 1 heterocycles. The minimum atomic E-state index is -0.221. The molecule has 1 aromatic heterocycles. The lowest BCUT2D eigenvalue weighted by Crippen LogP contribution is -2.13. The number of ether oxygens (including phenoxy) is 2. The highest BCUT2D eigenvalue weighted by atomic mass is 16.5. The Labute approximate surface area is 117 Å². The Balaban J connectivity index is 2.48. The molecule has 0 saturated carbocycles. The van der Waals surface area contributed by atoms with Gasteiger partial charge in [-0.2, -0.15) is 5.10 Å². The highest BCUT2D eigenvalue weighted by Crippen LogP contribution is 2.26. The topological polar surface area (TPSA) is 79.4 Å². The fourth-order valence-electron chi connectivity index (χ4n) is 1.99. The van der Waals surface area contributed by atoms with Crippen LogP contribution in [0.25, 0.3) is 0 Å². The van der Waals surface area contributed by atoms with Gasteiger partial charge in [0.2, 0.25) is 5.78 Å². The number of nitrogens with zero attached hydrogens (tertiary/aromatic N) is 2. The molecule has 20 heavy (non-hydrogen) atoms. The summed E-state index contributed by atoms with van der Waals surface area (Å²) in [6.45, 7) is 2.47. The van der Waals surface area contributed by atoms with Crippen molar-refractivity contribution in [3.05, 3.63) is 35.7 Å². The van der Waals surface area contributed by atoms with Crippen LogP contribution in [0.3, 0.4) is 0 Å². The van der Waals surface area contributed by atoms with Gasteiger partial charge in [-0.05, 0) is 19.1 Å². The number of aromatic nitrogens is 2. The number of carbonyl (C=O) groups excluding carboxylic acids is 1. The molecule has 0 saturated heterocycles. The highest BCUT2D eigenvalue weighted by Gasteiger charge is 2.22. The smallest absolute Gasteiger partial charge is 0.216 e. The molecule has 6 heteroatoms. The molecule has 2 rings (SSSR count). The van der Waals surface area contributed by atoms with Crippen molar-refractivity contribution in [2.45, 2.75) is 13.5 Å². The van der Waals surface area contributed by atoms with E-state index in [1.165, 1.54) is 13.3 Å². The highest BCUT2D eigenvalue weighted by molar-refractivity contribution is 6.12. The molecule has 2 aromatic rings. The first-order valence-electron chi connectivity index (χ1n) is 6.20. The van der Waals surface area contributed by atoms with Gasteiger partial charge < -0.3 is 15.2 Å². The standard InChI is InChI=1S/C14H17N3O3/c1-4-17-13(12(20-3)8-16-17)14(18)10-6-5-9(19-2)7-11(10)15/h5-8H,4,15H2,1-3H3. The van der Waals surface area contributed by atoms with E-state index in [4.69, 9.17) is 15.2 Å². The first kappa shape index (κ1) is 13.9. The van der Waals surface area contributed by atoms with Gasteiger partial charge in [0.05, 0.1) is 20.4 Å². The molecule has 0 fully saturated rings. The van der Waals surface area contributed by atoms with Crippen LogP contribution in [0.1, 0.15) is 23.0 Å². The number of aryl methyl sites for hydroxylation is 1. The maximum absolute atomic E-state index is 12.6. The van der Waals surface area contributed by atoms with Gasteiger partial charge in [0.15, 0.2) is 11.4 Å². The number of hydrogen-bond acceptors (Lipinski definition) is 5. The lowest BCUT2D eigenvalue weighted by atomic mass is 10.1. The van der Waals surface area contributed by atoms with Gasteiger partial charge in [0.1, 0.15) is 5.75 Å². The molecule has 6 nitrogen and oxygen atoms in total. The number of nitrogens with two attached hydrogens (primary N) is 1. The van der Waals surface area contributed by atoms with Gasteiger partial charge >= 0.3 is 0 Å². The third-order valence-electron chi connectivity index (χ3n) is 3.04. The predicted molar refractivity (Wildman–Crippen MR) is 75.3 cm³/mol. The van der Waals surface area contributed by atoms with E-state index in [9.17, 15) is 4.79 Å². The molecule has 0 amide bonds. The number of methoxy groups -OCH3 is 2. The Kier molecular flexibility index (Phi) is 3.93. The molecular formula is C14H17N3O3. The van der Waals surface area contributed by atoms with Crippen molar-refractivity contribution in [1.29, 1.82) is 0 Å². The average Bonchev–Trinajstić information content (AvgIpc) is 2.89. The van der Waals surface area contributed by atoms with Crippen LogP contribution in [-0.2, 0) is 6.54 Å². The van der Waals surface area contributed by atoms with E-state index < -0.39 is 0 Å². The Hall–Kier alpha value is -2.50. The van der Waals surface area contributed by atoms with Crippen molar-refractivity contribution < 1.29 is 14.3 Å². The molecule has 0 aliphatic heterocycles. The Morgan fingerprint density at radius 3 is 2.65 bits per heavy atom. The molecule has 2 N–H and O–H groups in total. The summed E-state index contributed by atoms with van der Waals surface area (Å²) in [5.74, 6) is 0.823. The van der Waals surface area contributed by atoms with E-state index in [-0.39, 0.29) is 5.78 Å². The lowest BCUT2D eigenvalue weighted by molar-refractivity contribution is 0.102. The zero-order valence-corrected chi connectivity index (χ0v) is 11.7. The first-order valence-corrected chi connectivity index (χ1v) is 6.20. The second-order valence-corrected chi connectivity index (χ2v) is 4.16. The minimum absolute atomic E-state index is 0.221. The van der Waals surface area contributed by atoms with Crippen molar-refractivity contribution >= 4 is 11.5 Å². The number of benzene rings is 1. The third kappa shape index (κ3) is 2.32. The summed E-state index contributed by atoms with van der Waals surface area (Å²) in [6, 6.07) is 4.96. The van der Waals surface area contributed by atoms with E-state index in [1.54, 1.807) is 30.0 Å². The molecule has 0 aliphatic carbocycles. The summed E-state index contributed by atoms with van der Waals surface area (Å²) in [4.78, 5) is 12.6. The van der Waals surface area contributed by atoms with E-state index in [1.807, 2.05) is 6.92 Å². The zero-order valence-electron chi connectivity index (χ0n) is 11.7. The van der Waals surface area contributed by atoms with Crippen LogP contribution in [0.2, 0.25) is 0 Å². The lowest BCUT2D eigenvalue weighted by Gasteiger charge is -2.09. The fourth-order valence-corrected chi connectivity index (χ4v) is 1.99. The fraction of sp³-hybridized carbons (Fsp3) is 0.286. The van der Waals surface area contributed by atoms with E-state index in [0.717, 1.165) is 0 Å². The van der Waals surface area contributed by atoms with Gasteiger partial charge in [0, 0.05) is 23.9 Å². The van der Waals surface area contributed by atoms with Gasteiger partial charge in [-0.15, -0.1) is 0 Å². The second kappa shape index (κ2) is 5.64. The summed E-state index contributed by atoms with van der Waals surface area (Å²) in [7, 11) is 3.05. The number of carbonyl (C=O) groups is 1. The molecule has 0 bridgehead atoms. The van der Waals surface area contributed by atoms with Crippen LogP contribution < -0.4 is 15.2 Å². The third-order valence-corrected chi connectivity index (χ3v) is 3.04. The molecular weight excluding hydrogens is 258 g/mol. The van der Waals surface area contributed by atoms with Crippen LogP contribution >= 0.6 is 0 Å². The zero-order chi connectivity index (χ0) is 14.7. The monoisotopic (exact) mass is 275 g/mol. The molecule has 106 valence electrons. The SMILES string of the molecule is CCn1ncc(OC)c1C(=O)c1ccc(OC)cc1N. The van der Waals surface area contributed by atoms with Gasteiger partial charge in [-0.25, -0.2) is 0 Å². The molecule has 1 aromatic carbocycles. The quantitative estimate of drug-likeness (QED) is 0.664. The second-order valence-electron chi connectivity index (χ2n) is 4.16. The number of anilines is 1. The molecule has 0 atom stereocenters. The average molecular weight is 275 g/mol. The van der Waals surface area contributed by atoms with Crippen LogP contribution in [-0.4, -0.2) is 29.8 Å². The number of hydrogen-bond donors (Lipinski definition) is 1. The van der Waals surface area contributed by atoms with Crippen molar-refractivity contribution in [2.75, 3.05) is 20.0 Å². The first-order chi connectivity index (χ1) is 9.62. The maximum Gasteiger partial charge on any atom is 0.216 e. The van der Waals surface area contributed by atoms with Crippen LogP contribution in [0.15, 0.2) is 24.4 Å². The normalized spacial score (nSPS) is 10.3. The van der Waals surface area contributed by atoms with Crippen LogP contribution in [0, 0.1) is 0 Å². The molecule has 0 unspecified atom stereocenters. The van der Waals surface area contributed by atoms with E-state index >= 15 is 0 Å². The maximum atomic E-state index is 12.6. The van der Waals surface area contributed by atoms with Crippen molar-refractivity contribution in [2.24, 2.45) is 0 Å². The van der Waals surface area contributed by atoms with Crippen molar-refractivity contribution in [1.82, 2.24) is 9.78 Å². The minimum Gasteiger partial charge on any atom is -0.497 e. The van der Waals surface area contributed by atoms with Crippen LogP contribution in [0.4, 0.5) is 5.69 Å². The van der Waals surface area contributed by atoms with Gasteiger partial charge in [0.25, 0.3) is 0 Å². The van der Waals surface area contributed by atoms with E-state index in [2.05, 4.69) is 5.10 Å². The Morgan fingerprint density at radius 1 is 1.35 bits per heavy atom. The summed E-state index contributed by atoms with van der Waals surface area (Å²) < 4.78 is 11.9. The van der Waals surface area contributed by atoms with Gasteiger partial charge in [-0.1, -0.05) is 0 Å². The molecule has 0 radical (unpaired) electrons. The number of ketones is 1. The summed E-state index contributed by atoms with van der Waals surface area (Å²) in [5, 5.41) is 4.12. The number of nitrogen functional groups attached to an aromatic ring is 1. The van der Waals surface area contributed by atoms with Crippen molar-refractivity contribution in [3.63, 3.8) is 0 Å². The summed E-state index contributed by atoms with van der Waals surface area (Å²) in [5.41, 5.74) is 7.07. The van der Waals surface area contributed by atoms with Crippen molar-refractivity contribution in [3.8, 4) is 11.5 Å². The Morgan fingerprint density at radius 2 is 2.10 bits per heavy atom. The van der Waals surface area contributed by atoms with Gasteiger partial charge in [-0.3, -0.25) is 9.48 Å². The molecule has 0 aliphatic rings. The number of rotatable bonds is 5. The predicted octanol–water partition coefficient (Wildman–Crippen LogP) is 1.73. The largest absolute Gasteiger partial charge is 0.497 e. The Bertz CT molecular complexity index is 613. The summed E-state index contributed by atoms with van der Waals surface area (Å²) >= 11 is 0. The van der Waals surface area contributed by atoms with Crippen LogP contribution in [0.5, 0.6) is 11.5 Å². The summed E-state index contributed by atoms with van der Waals surface area (Å²) in [6.07, 6.45) is 1.52.